The summed E-state index contributed by atoms with van der Waals surface area (Å²) in [6.07, 6.45) is 2.12. The predicted octanol–water partition coefficient (Wildman–Crippen LogP) is 5.63. The minimum Gasteiger partial charge on any atom is -0.362 e. The molecule has 0 saturated carbocycles. The summed E-state index contributed by atoms with van der Waals surface area (Å²) in [5.41, 5.74) is 5.35. The van der Waals surface area contributed by atoms with Crippen LogP contribution in [0.3, 0.4) is 0 Å². The number of Topliss-reactive ketones (excluding diaryl/α,β-unsaturated/α-hetero) is 1. The highest BCUT2D eigenvalue weighted by Gasteiger charge is 2.42. The third-order valence-electron chi connectivity index (χ3n) is 6.31. The molecule has 0 saturated heterocycles. The van der Waals surface area contributed by atoms with Gasteiger partial charge in [0, 0.05) is 40.6 Å². The van der Waals surface area contributed by atoms with Gasteiger partial charge in [-0.15, -0.1) is 0 Å². The monoisotopic (exact) mass is 432 g/mol. The van der Waals surface area contributed by atoms with Gasteiger partial charge in [-0.25, -0.2) is 4.39 Å². The Balaban J connectivity index is 1.79. The summed E-state index contributed by atoms with van der Waals surface area (Å²) in [7, 11) is 0. The van der Waals surface area contributed by atoms with Crippen LogP contribution < -0.4 is 10.6 Å². The molecule has 5 heteroatoms. The van der Waals surface area contributed by atoms with Crippen LogP contribution in [-0.4, -0.2) is 11.7 Å². The summed E-state index contributed by atoms with van der Waals surface area (Å²) < 4.78 is 13.3. The Hall–Kier alpha value is -3.21. The molecule has 4 rings (SSSR count). The molecule has 2 aromatic carbocycles. The number of hydrogen-bond acceptors (Lipinski definition) is 3. The zero-order chi connectivity index (χ0) is 23.0. The van der Waals surface area contributed by atoms with Crippen molar-refractivity contribution >= 4 is 17.4 Å². The predicted molar refractivity (Wildman–Crippen MR) is 124 cm³/mol. The lowest BCUT2D eigenvalue weighted by atomic mass is 9.68. The number of allylic oxidation sites excluding steroid dienone is 3. The van der Waals surface area contributed by atoms with Crippen LogP contribution in [0.25, 0.3) is 0 Å². The van der Waals surface area contributed by atoms with Crippen molar-refractivity contribution in [2.45, 2.75) is 52.9 Å². The summed E-state index contributed by atoms with van der Waals surface area (Å²) in [6, 6.07) is 13.8. The maximum absolute atomic E-state index is 13.4. The number of ketones is 1. The van der Waals surface area contributed by atoms with Crippen LogP contribution >= 0.6 is 0 Å². The first kappa shape index (κ1) is 22.0. The highest BCUT2D eigenvalue weighted by molar-refractivity contribution is 6.09. The average molecular weight is 433 g/mol. The second-order valence-corrected chi connectivity index (χ2v) is 9.49. The maximum Gasteiger partial charge on any atom is 0.254 e. The van der Waals surface area contributed by atoms with Crippen LogP contribution in [0.5, 0.6) is 0 Å². The lowest BCUT2D eigenvalue weighted by molar-refractivity contribution is -0.118. The Kier molecular flexibility index (Phi) is 5.76. The Morgan fingerprint density at radius 1 is 1.09 bits per heavy atom. The molecule has 1 amide bonds. The van der Waals surface area contributed by atoms with Crippen LogP contribution in [-0.2, 0) is 16.0 Å². The Morgan fingerprint density at radius 3 is 2.38 bits per heavy atom. The van der Waals surface area contributed by atoms with Crippen LogP contribution in [0.4, 0.5) is 10.1 Å². The Labute approximate surface area is 188 Å². The molecule has 0 radical (unpaired) electrons. The van der Waals surface area contributed by atoms with Gasteiger partial charge in [-0.1, -0.05) is 45.0 Å². The van der Waals surface area contributed by atoms with Gasteiger partial charge in [-0.3, -0.25) is 9.59 Å². The molecule has 2 aliphatic rings. The number of carbonyl (C=O) groups excluding carboxylic acids is 2. The molecule has 1 aliphatic heterocycles. The standard InChI is InChI=1S/C27H29FN2O2/c1-5-17-6-8-18(9-7-17)24-23(26(32)30-20-12-10-19(28)11-13-20)16(2)29-21-14-27(3,4)15-22(31)25(21)24/h6-13,24,29H,5,14-15H2,1-4H3,(H,30,32)/t24-/m0/s1. The minimum absolute atomic E-state index is 0.0768. The topological polar surface area (TPSA) is 58.2 Å². The van der Waals surface area contributed by atoms with Crippen molar-refractivity contribution in [2.24, 2.45) is 5.41 Å². The average Bonchev–Trinajstić information content (AvgIpc) is 2.73. The van der Waals surface area contributed by atoms with E-state index in [-0.39, 0.29) is 22.9 Å². The number of amides is 1. The number of dihydropyridines is 1. The zero-order valence-electron chi connectivity index (χ0n) is 19.0. The maximum atomic E-state index is 13.4. The van der Waals surface area contributed by atoms with Crippen molar-refractivity contribution in [1.82, 2.24) is 5.32 Å². The molecule has 1 atom stereocenters. The second kappa shape index (κ2) is 8.38. The van der Waals surface area contributed by atoms with Crippen LogP contribution in [0, 0.1) is 11.2 Å². The number of carbonyl (C=O) groups is 2. The van der Waals surface area contributed by atoms with Crippen molar-refractivity contribution in [3.8, 4) is 0 Å². The number of benzene rings is 2. The third kappa shape index (κ3) is 4.24. The molecule has 1 aliphatic carbocycles. The summed E-state index contributed by atoms with van der Waals surface area (Å²) in [5, 5.41) is 6.25. The molecule has 2 N–H and O–H groups in total. The summed E-state index contributed by atoms with van der Waals surface area (Å²) in [4.78, 5) is 26.8. The number of nitrogens with one attached hydrogen (secondary N) is 2. The fourth-order valence-electron chi connectivity index (χ4n) is 4.75. The number of aryl methyl sites for hydroxylation is 1. The van der Waals surface area contributed by atoms with Gasteiger partial charge in [-0.05, 0) is 60.6 Å². The van der Waals surface area contributed by atoms with E-state index >= 15 is 0 Å². The molecular weight excluding hydrogens is 403 g/mol. The fraction of sp³-hybridized carbons (Fsp3) is 0.333. The van der Waals surface area contributed by atoms with Gasteiger partial charge in [0.1, 0.15) is 5.82 Å². The first-order valence-corrected chi connectivity index (χ1v) is 11.1. The number of rotatable bonds is 4. The Morgan fingerprint density at radius 2 is 1.75 bits per heavy atom. The van der Waals surface area contributed by atoms with Gasteiger partial charge < -0.3 is 10.6 Å². The molecular formula is C27H29FN2O2. The minimum atomic E-state index is -0.443. The van der Waals surface area contributed by atoms with E-state index in [4.69, 9.17) is 0 Å². The summed E-state index contributed by atoms with van der Waals surface area (Å²) in [5.74, 6) is -1.03. The van der Waals surface area contributed by atoms with E-state index < -0.39 is 5.92 Å². The van der Waals surface area contributed by atoms with Crippen molar-refractivity contribution in [1.29, 1.82) is 0 Å². The fourth-order valence-corrected chi connectivity index (χ4v) is 4.75. The van der Waals surface area contributed by atoms with Gasteiger partial charge in [0.25, 0.3) is 5.91 Å². The van der Waals surface area contributed by atoms with E-state index in [0.29, 0.717) is 23.3 Å². The molecule has 0 spiro atoms. The van der Waals surface area contributed by atoms with Crippen molar-refractivity contribution < 1.29 is 14.0 Å². The number of halogens is 1. The van der Waals surface area contributed by atoms with Crippen LogP contribution in [0.1, 0.15) is 57.6 Å². The molecule has 0 bridgehead atoms. The first-order chi connectivity index (χ1) is 15.2. The van der Waals surface area contributed by atoms with Crippen molar-refractivity contribution in [3.63, 3.8) is 0 Å². The van der Waals surface area contributed by atoms with E-state index in [1.165, 1.54) is 29.8 Å². The number of hydrogen-bond donors (Lipinski definition) is 2. The quantitative estimate of drug-likeness (QED) is 0.658. The van der Waals surface area contributed by atoms with Crippen molar-refractivity contribution in [3.05, 3.63) is 88.0 Å². The SMILES string of the molecule is CCc1ccc([C@H]2C(C(=O)Nc3ccc(F)cc3)=C(C)NC3=C2C(=O)CC(C)(C)C3)cc1. The third-order valence-corrected chi connectivity index (χ3v) is 6.31. The number of anilines is 1. The molecule has 32 heavy (non-hydrogen) atoms. The van der Waals surface area contributed by atoms with Crippen molar-refractivity contribution in [2.75, 3.05) is 5.32 Å². The van der Waals surface area contributed by atoms with Crippen LogP contribution in [0.15, 0.2) is 71.1 Å². The highest BCUT2D eigenvalue weighted by Crippen LogP contribution is 2.46. The van der Waals surface area contributed by atoms with Gasteiger partial charge in [0.05, 0.1) is 0 Å². The van der Waals surface area contributed by atoms with E-state index in [2.05, 4.69) is 43.5 Å². The van der Waals surface area contributed by atoms with Gasteiger partial charge in [0.15, 0.2) is 5.78 Å². The lowest BCUT2D eigenvalue weighted by Crippen LogP contribution is -2.39. The molecule has 0 unspecified atom stereocenters. The molecule has 4 nitrogen and oxygen atoms in total. The molecule has 1 heterocycles. The van der Waals surface area contributed by atoms with E-state index in [1.54, 1.807) is 0 Å². The lowest BCUT2D eigenvalue weighted by Gasteiger charge is -2.39. The molecule has 0 aromatic heterocycles. The first-order valence-electron chi connectivity index (χ1n) is 11.1. The normalized spacial score (nSPS) is 20.0. The summed E-state index contributed by atoms with van der Waals surface area (Å²) in [6.45, 7) is 8.16. The van der Waals surface area contributed by atoms with E-state index in [9.17, 15) is 14.0 Å². The second-order valence-electron chi connectivity index (χ2n) is 9.49. The van der Waals surface area contributed by atoms with E-state index in [1.807, 2.05) is 19.1 Å². The smallest absolute Gasteiger partial charge is 0.254 e. The highest BCUT2D eigenvalue weighted by atomic mass is 19.1. The largest absolute Gasteiger partial charge is 0.362 e. The molecule has 0 fully saturated rings. The molecule has 166 valence electrons. The summed E-state index contributed by atoms with van der Waals surface area (Å²) >= 11 is 0. The Bertz CT molecular complexity index is 1130. The van der Waals surface area contributed by atoms with Crippen LogP contribution in [0.2, 0.25) is 0 Å². The van der Waals surface area contributed by atoms with Gasteiger partial charge in [-0.2, -0.15) is 0 Å². The zero-order valence-corrected chi connectivity index (χ0v) is 19.0. The van der Waals surface area contributed by atoms with E-state index in [0.717, 1.165) is 29.8 Å². The molecule has 2 aromatic rings. The van der Waals surface area contributed by atoms with Gasteiger partial charge in [0.2, 0.25) is 0 Å². The van der Waals surface area contributed by atoms with Gasteiger partial charge >= 0.3 is 0 Å².